The summed E-state index contributed by atoms with van der Waals surface area (Å²) < 4.78 is 3.45. The van der Waals surface area contributed by atoms with Crippen LogP contribution in [0.15, 0.2) is 28.5 Å². The van der Waals surface area contributed by atoms with Crippen molar-refractivity contribution in [2.24, 2.45) is 0 Å². The highest BCUT2D eigenvalue weighted by atomic mass is 32.1. The summed E-state index contributed by atoms with van der Waals surface area (Å²) in [6.45, 7) is 3.10. The quantitative estimate of drug-likeness (QED) is 0.737. The van der Waals surface area contributed by atoms with Crippen LogP contribution >= 0.6 is 11.3 Å². The molecule has 1 unspecified atom stereocenters. The van der Waals surface area contributed by atoms with Crippen LogP contribution in [0.4, 0.5) is 0 Å². The summed E-state index contributed by atoms with van der Waals surface area (Å²) >= 11 is 1.31. The molecule has 4 heterocycles. The molecule has 3 aromatic heterocycles. The maximum absolute atomic E-state index is 12.9. The number of hydrogen-bond acceptors (Lipinski definition) is 6. The fourth-order valence-corrected chi connectivity index (χ4v) is 3.56. The van der Waals surface area contributed by atoms with Crippen molar-refractivity contribution < 1.29 is 9.90 Å². The van der Waals surface area contributed by atoms with Crippen molar-refractivity contribution in [3.05, 3.63) is 51.1 Å². The van der Waals surface area contributed by atoms with Crippen molar-refractivity contribution in [3.8, 4) is 0 Å². The Morgan fingerprint density at radius 3 is 3.00 bits per heavy atom. The third-order valence-corrected chi connectivity index (χ3v) is 4.82. The summed E-state index contributed by atoms with van der Waals surface area (Å²) in [5.74, 6) is -0.214. The summed E-state index contributed by atoms with van der Waals surface area (Å²) in [4.78, 5) is 30.7. The van der Waals surface area contributed by atoms with E-state index in [9.17, 15) is 14.7 Å². The van der Waals surface area contributed by atoms with Crippen molar-refractivity contribution in [2.75, 3.05) is 6.54 Å². The van der Waals surface area contributed by atoms with Gasteiger partial charge in [-0.05, 0) is 13.0 Å². The van der Waals surface area contributed by atoms with Crippen LogP contribution in [0.1, 0.15) is 34.9 Å². The monoisotopic (exact) mass is 345 g/mol. The predicted octanol–water partition coefficient (Wildman–Crippen LogP) is 0.662. The zero-order chi connectivity index (χ0) is 16.8. The lowest BCUT2D eigenvalue weighted by molar-refractivity contribution is 0.0698. The minimum Gasteiger partial charge on any atom is -0.387 e. The second-order valence-electron chi connectivity index (χ2n) is 5.72. The Morgan fingerprint density at radius 1 is 1.38 bits per heavy atom. The molecule has 0 saturated heterocycles. The van der Waals surface area contributed by atoms with E-state index in [2.05, 4.69) is 10.1 Å². The summed E-state index contributed by atoms with van der Waals surface area (Å²) in [6, 6.07) is 3.08. The molecule has 0 bridgehead atoms. The van der Waals surface area contributed by atoms with Crippen molar-refractivity contribution in [2.45, 2.75) is 26.1 Å². The minimum atomic E-state index is -0.642. The van der Waals surface area contributed by atoms with Gasteiger partial charge < -0.3 is 10.0 Å². The highest BCUT2D eigenvalue weighted by Crippen LogP contribution is 2.20. The number of aromatic nitrogens is 4. The zero-order valence-electron chi connectivity index (χ0n) is 12.9. The summed E-state index contributed by atoms with van der Waals surface area (Å²) in [5.41, 5.74) is 1.36. The highest BCUT2D eigenvalue weighted by Gasteiger charge is 2.25. The molecule has 8 nitrogen and oxygen atoms in total. The van der Waals surface area contributed by atoms with E-state index in [0.717, 1.165) is 5.69 Å². The first kappa shape index (κ1) is 15.0. The first-order chi connectivity index (χ1) is 11.5. The molecule has 0 spiro atoms. The van der Waals surface area contributed by atoms with E-state index >= 15 is 0 Å². The molecule has 1 atom stereocenters. The second kappa shape index (κ2) is 5.53. The lowest BCUT2D eigenvalue weighted by Gasteiger charge is -2.27. The molecule has 0 aliphatic carbocycles. The molecule has 1 aliphatic heterocycles. The molecular weight excluding hydrogens is 330 g/mol. The van der Waals surface area contributed by atoms with Crippen LogP contribution in [-0.2, 0) is 13.1 Å². The third-order valence-electron chi connectivity index (χ3n) is 4.07. The number of carbonyl (C=O) groups is 1. The van der Waals surface area contributed by atoms with Crippen LogP contribution in [0.3, 0.4) is 0 Å². The van der Waals surface area contributed by atoms with Gasteiger partial charge in [-0.1, -0.05) is 0 Å². The van der Waals surface area contributed by atoms with E-state index in [1.165, 1.54) is 17.4 Å². The Balaban J connectivity index is 1.67. The van der Waals surface area contributed by atoms with Crippen molar-refractivity contribution in [1.29, 1.82) is 0 Å². The second-order valence-corrected chi connectivity index (χ2v) is 6.59. The molecule has 9 heteroatoms. The van der Waals surface area contributed by atoms with Gasteiger partial charge in [0.2, 0.25) is 0 Å². The molecule has 1 amide bonds. The van der Waals surface area contributed by atoms with Gasteiger partial charge in [0.15, 0.2) is 4.96 Å². The first-order valence-corrected chi connectivity index (χ1v) is 8.42. The molecule has 0 saturated carbocycles. The van der Waals surface area contributed by atoms with Gasteiger partial charge in [0.25, 0.3) is 11.5 Å². The maximum Gasteiger partial charge on any atom is 0.274 e. The molecule has 0 fully saturated rings. The molecular formula is C15H15N5O3S. The number of hydrogen-bond donors (Lipinski definition) is 1. The van der Waals surface area contributed by atoms with E-state index in [-0.39, 0.29) is 5.91 Å². The van der Waals surface area contributed by atoms with Crippen molar-refractivity contribution in [1.82, 2.24) is 24.1 Å². The highest BCUT2D eigenvalue weighted by molar-refractivity contribution is 7.15. The fourth-order valence-electron chi connectivity index (χ4n) is 2.84. The topological polar surface area (TPSA) is 92.7 Å². The zero-order valence-corrected chi connectivity index (χ0v) is 13.7. The minimum absolute atomic E-state index is 0.214. The largest absolute Gasteiger partial charge is 0.387 e. The Morgan fingerprint density at radius 2 is 2.21 bits per heavy atom. The van der Waals surface area contributed by atoms with Gasteiger partial charge in [-0.3, -0.25) is 18.7 Å². The van der Waals surface area contributed by atoms with Crippen molar-refractivity contribution in [3.63, 3.8) is 0 Å². The van der Waals surface area contributed by atoms with E-state index in [0.29, 0.717) is 36.0 Å². The van der Waals surface area contributed by atoms with Gasteiger partial charge in [-0.2, -0.15) is 10.1 Å². The number of amides is 1. The molecule has 124 valence electrons. The van der Waals surface area contributed by atoms with Gasteiger partial charge in [0, 0.05) is 24.2 Å². The van der Waals surface area contributed by atoms with Crippen molar-refractivity contribution >= 4 is 22.2 Å². The number of rotatable bonds is 2. The van der Waals surface area contributed by atoms with E-state index in [1.54, 1.807) is 27.8 Å². The van der Waals surface area contributed by atoms with Crippen LogP contribution in [-0.4, -0.2) is 41.6 Å². The molecule has 0 radical (unpaired) electrons. The molecule has 0 aromatic carbocycles. The molecule has 4 rings (SSSR count). The average Bonchev–Trinajstić information content (AvgIpc) is 3.18. The molecule has 1 aliphatic rings. The summed E-state index contributed by atoms with van der Waals surface area (Å²) in [7, 11) is 0. The van der Waals surface area contributed by atoms with E-state index in [4.69, 9.17) is 0 Å². The number of thiazole rings is 1. The van der Waals surface area contributed by atoms with Crippen LogP contribution in [0.2, 0.25) is 0 Å². The Bertz CT molecular complexity index is 987. The number of nitrogens with zero attached hydrogens (tertiary/aromatic N) is 5. The Hall–Kier alpha value is -2.52. The maximum atomic E-state index is 12.9. The lowest BCUT2D eigenvalue weighted by atomic mass is 10.2. The van der Waals surface area contributed by atoms with Gasteiger partial charge >= 0.3 is 0 Å². The van der Waals surface area contributed by atoms with Gasteiger partial charge in [-0.25, -0.2) is 0 Å². The van der Waals surface area contributed by atoms with Crippen LogP contribution in [0.25, 0.3) is 4.96 Å². The van der Waals surface area contributed by atoms with Gasteiger partial charge in [0.1, 0.15) is 5.69 Å². The van der Waals surface area contributed by atoms with E-state index in [1.807, 2.05) is 10.7 Å². The SMILES string of the molecule is CC(O)c1cc2n(n1)CCN(C(=O)c1cc(=O)nc3sccn13)C2. The normalized spacial score (nSPS) is 15.5. The number of aliphatic hydroxyl groups is 1. The standard InChI is InChI=1S/C15H15N5O3S/c1-9(21)11-6-10-8-18(2-3-20(10)17-11)14(23)12-7-13(22)16-15-19(12)4-5-24-15/h4-7,9,21H,2-3,8H2,1H3. The van der Waals surface area contributed by atoms with E-state index < -0.39 is 11.7 Å². The Kier molecular flexibility index (Phi) is 3.47. The molecule has 3 aromatic rings. The smallest absolute Gasteiger partial charge is 0.274 e. The number of fused-ring (bicyclic) bond motifs is 2. The summed E-state index contributed by atoms with van der Waals surface area (Å²) in [6.07, 6.45) is 1.09. The number of carbonyl (C=O) groups excluding carboxylic acids is 1. The summed E-state index contributed by atoms with van der Waals surface area (Å²) in [5, 5.41) is 15.8. The van der Waals surface area contributed by atoms with Crippen LogP contribution in [0, 0.1) is 0 Å². The average molecular weight is 345 g/mol. The van der Waals surface area contributed by atoms with Crippen LogP contribution < -0.4 is 5.56 Å². The lowest BCUT2D eigenvalue weighted by Crippen LogP contribution is -2.39. The van der Waals surface area contributed by atoms with Gasteiger partial charge in [0.05, 0.1) is 30.6 Å². The number of aliphatic hydroxyl groups excluding tert-OH is 1. The first-order valence-electron chi connectivity index (χ1n) is 7.54. The molecule has 1 N–H and O–H groups in total. The third kappa shape index (κ3) is 2.42. The van der Waals surface area contributed by atoms with Crippen LogP contribution in [0.5, 0.6) is 0 Å². The fraction of sp³-hybridized carbons (Fsp3) is 0.333. The molecule has 24 heavy (non-hydrogen) atoms. The predicted molar refractivity (Wildman–Crippen MR) is 86.9 cm³/mol. The Labute approximate surface area is 140 Å². The van der Waals surface area contributed by atoms with Gasteiger partial charge in [-0.15, -0.1) is 11.3 Å².